The summed E-state index contributed by atoms with van der Waals surface area (Å²) in [6, 6.07) is 13.3. The topological polar surface area (TPSA) is 49.4 Å². The molecule has 0 bridgehead atoms. The first-order chi connectivity index (χ1) is 14.8. The highest BCUT2D eigenvalue weighted by molar-refractivity contribution is 7.99. The second kappa shape index (κ2) is 12.7. The molecular weight excluding hydrogens is 435 g/mol. The Labute approximate surface area is 193 Å². The summed E-state index contributed by atoms with van der Waals surface area (Å²) in [5, 5.41) is 3.60. The number of hydrogen-bond acceptors (Lipinski definition) is 3. The fourth-order valence-corrected chi connectivity index (χ4v) is 4.12. The summed E-state index contributed by atoms with van der Waals surface area (Å²) in [7, 11) is 0. The first-order valence-electron chi connectivity index (χ1n) is 10.5. The van der Waals surface area contributed by atoms with E-state index in [1.807, 2.05) is 32.9 Å². The molecule has 0 aliphatic heterocycles. The molecule has 0 fully saturated rings. The van der Waals surface area contributed by atoms with E-state index in [2.05, 4.69) is 5.32 Å². The Morgan fingerprint density at radius 2 is 1.77 bits per heavy atom. The highest BCUT2D eigenvalue weighted by Crippen LogP contribution is 2.19. The molecule has 2 aromatic rings. The van der Waals surface area contributed by atoms with Gasteiger partial charge in [0.25, 0.3) is 0 Å². The molecule has 0 heterocycles. The van der Waals surface area contributed by atoms with Gasteiger partial charge in [0.15, 0.2) is 0 Å². The van der Waals surface area contributed by atoms with Gasteiger partial charge in [-0.2, -0.15) is 0 Å². The molecule has 2 amide bonds. The van der Waals surface area contributed by atoms with Crippen molar-refractivity contribution in [2.75, 3.05) is 5.75 Å². The summed E-state index contributed by atoms with van der Waals surface area (Å²) in [6.07, 6.45) is 1.31. The Kier molecular flexibility index (Phi) is 10.3. The fourth-order valence-electron chi connectivity index (χ4n) is 3.09. The normalized spacial score (nSPS) is 12.8. The van der Waals surface area contributed by atoms with Crippen LogP contribution in [0.4, 0.5) is 4.39 Å². The largest absolute Gasteiger partial charge is 0.352 e. The van der Waals surface area contributed by atoms with Crippen LogP contribution < -0.4 is 5.32 Å². The third-order valence-electron chi connectivity index (χ3n) is 5.09. The van der Waals surface area contributed by atoms with Crippen LogP contribution in [0.2, 0.25) is 5.02 Å². The van der Waals surface area contributed by atoms with Gasteiger partial charge in [0.2, 0.25) is 11.8 Å². The lowest BCUT2D eigenvalue weighted by Crippen LogP contribution is -2.51. The molecule has 1 N–H and O–H groups in total. The van der Waals surface area contributed by atoms with Crippen molar-refractivity contribution in [2.24, 2.45) is 0 Å². The van der Waals surface area contributed by atoms with E-state index < -0.39 is 6.04 Å². The Hall–Kier alpha value is -2.05. The zero-order chi connectivity index (χ0) is 22.8. The van der Waals surface area contributed by atoms with Crippen molar-refractivity contribution in [1.29, 1.82) is 0 Å². The van der Waals surface area contributed by atoms with Crippen LogP contribution in [0.5, 0.6) is 0 Å². The Morgan fingerprint density at radius 3 is 2.39 bits per heavy atom. The van der Waals surface area contributed by atoms with Gasteiger partial charge in [0.1, 0.15) is 11.9 Å². The van der Waals surface area contributed by atoms with E-state index in [-0.39, 0.29) is 29.4 Å². The van der Waals surface area contributed by atoms with E-state index in [4.69, 9.17) is 11.6 Å². The van der Waals surface area contributed by atoms with Crippen LogP contribution in [0, 0.1) is 5.82 Å². The fraction of sp³-hybridized carbons (Fsp3) is 0.417. The van der Waals surface area contributed by atoms with Gasteiger partial charge in [-0.15, -0.1) is 11.8 Å². The number of carbonyl (C=O) groups is 2. The van der Waals surface area contributed by atoms with Gasteiger partial charge in [-0.3, -0.25) is 9.59 Å². The van der Waals surface area contributed by atoms with Crippen LogP contribution in [0.25, 0.3) is 0 Å². The molecule has 0 aromatic heterocycles. The van der Waals surface area contributed by atoms with Gasteiger partial charge in [-0.1, -0.05) is 55.8 Å². The second-order valence-corrected chi connectivity index (χ2v) is 8.90. The zero-order valence-corrected chi connectivity index (χ0v) is 19.8. The van der Waals surface area contributed by atoms with Crippen molar-refractivity contribution in [3.05, 3.63) is 70.5 Å². The van der Waals surface area contributed by atoms with E-state index >= 15 is 0 Å². The number of amides is 2. The highest BCUT2D eigenvalue weighted by atomic mass is 35.5. The molecule has 0 spiro atoms. The van der Waals surface area contributed by atoms with Gasteiger partial charge in [0.05, 0.1) is 5.75 Å². The first-order valence-corrected chi connectivity index (χ1v) is 12.0. The van der Waals surface area contributed by atoms with Gasteiger partial charge < -0.3 is 10.2 Å². The third kappa shape index (κ3) is 7.86. The molecule has 31 heavy (non-hydrogen) atoms. The standard InChI is InChI=1S/C24H30ClFN2O2S/c1-4-17(3)27-24(30)22(5-2)28(14-18-10-12-20(25)13-11-18)23(29)16-31-15-19-8-6-7-9-21(19)26/h6-13,17,22H,4-5,14-16H2,1-3H3,(H,27,30)/t17-,22+/m1/s1. The summed E-state index contributed by atoms with van der Waals surface area (Å²) >= 11 is 7.33. The van der Waals surface area contributed by atoms with Crippen molar-refractivity contribution in [3.8, 4) is 0 Å². The first kappa shape index (κ1) is 25.2. The lowest BCUT2D eigenvalue weighted by Gasteiger charge is -2.31. The highest BCUT2D eigenvalue weighted by Gasteiger charge is 2.29. The predicted octanol–water partition coefficient (Wildman–Crippen LogP) is 5.43. The van der Waals surface area contributed by atoms with E-state index in [1.165, 1.54) is 17.8 Å². The number of benzene rings is 2. The molecule has 0 saturated carbocycles. The molecule has 2 aromatic carbocycles. The summed E-state index contributed by atoms with van der Waals surface area (Å²) < 4.78 is 13.9. The lowest BCUT2D eigenvalue weighted by atomic mass is 10.1. The maximum atomic E-state index is 13.9. The van der Waals surface area contributed by atoms with E-state index in [0.29, 0.717) is 29.3 Å². The smallest absolute Gasteiger partial charge is 0.243 e. The van der Waals surface area contributed by atoms with Crippen LogP contribution in [0.15, 0.2) is 48.5 Å². The number of nitrogens with zero attached hydrogens (tertiary/aromatic N) is 1. The van der Waals surface area contributed by atoms with Gasteiger partial charge >= 0.3 is 0 Å². The number of nitrogens with one attached hydrogen (secondary N) is 1. The molecule has 0 unspecified atom stereocenters. The van der Waals surface area contributed by atoms with Crippen molar-refractivity contribution >= 4 is 35.2 Å². The molecule has 4 nitrogen and oxygen atoms in total. The second-order valence-electron chi connectivity index (χ2n) is 7.47. The Balaban J connectivity index is 2.14. The number of thioether (sulfide) groups is 1. The summed E-state index contributed by atoms with van der Waals surface area (Å²) in [6.45, 7) is 6.15. The lowest BCUT2D eigenvalue weighted by molar-refractivity contribution is -0.139. The Bertz CT molecular complexity index is 863. The minimum Gasteiger partial charge on any atom is -0.352 e. The summed E-state index contributed by atoms with van der Waals surface area (Å²) in [5.74, 6) is -0.0292. The molecule has 0 aliphatic carbocycles. The van der Waals surface area contributed by atoms with E-state index in [9.17, 15) is 14.0 Å². The maximum Gasteiger partial charge on any atom is 0.243 e. The van der Waals surface area contributed by atoms with Crippen molar-refractivity contribution in [1.82, 2.24) is 10.2 Å². The molecule has 2 rings (SSSR count). The predicted molar refractivity (Wildman–Crippen MR) is 127 cm³/mol. The molecule has 0 radical (unpaired) electrons. The molecule has 2 atom stereocenters. The van der Waals surface area contributed by atoms with E-state index in [1.54, 1.807) is 35.2 Å². The minimum absolute atomic E-state index is 0.0319. The van der Waals surface area contributed by atoms with Crippen LogP contribution >= 0.6 is 23.4 Å². The number of hydrogen-bond donors (Lipinski definition) is 1. The molecule has 168 valence electrons. The quantitative estimate of drug-likeness (QED) is 0.482. The summed E-state index contributed by atoms with van der Waals surface area (Å²) in [5.41, 5.74) is 1.46. The molecule has 0 saturated heterocycles. The Morgan fingerprint density at radius 1 is 1.10 bits per heavy atom. The third-order valence-corrected chi connectivity index (χ3v) is 6.31. The maximum absolute atomic E-state index is 13.9. The van der Waals surface area contributed by atoms with Gasteiger partial charge in [-0.25, -0.2) is 4.39 Å². The van der Waals surface area contributed by atoms with Gasteiger partial charge in [0, 0.05) is 23.4 Å². The summed E-state index contributed by atoms with van der Waals surface area (Å²) in [4.78, 5) is 27.7. The number of rotatable bonds is 11. The van der Waals surface area contributed by atoms with Gasteiger partial charge in [-0.05, 0) is 49.1 Å². The molecule has 0 aliphatic rings. The van der Waals surface area contributed by atoms with E-state index in [0.717, 1.165) is 12.0 Å². The van der Waals surface area contributed by atoms with Crippen LogP contribution in [-0.4, -0.2) is 34.6 Å². The zero-order valence-electron chi connectivity index (χ0n) is 18.2. The number of carbonyl (C=O) groups excluding carboxylic acids is 2. The minimum atomic E-state index is -0.578. The average molecular weight is 465 g/mol. The number of halogens is 2. The molecule has 7 heteroatoms. The van der Waals surface area contributed by atoms with Crippen LogP contribution in [0.3, 0.4) is 0 Å². The van der Waals surface area contributed by atoms with Crippen molar-refractivity contribution in [3.63, 3.8) is 0 Å². The SMILES string of the molecule is CC[C@@H](C)NC(=O)[C@H](CC)N(Cc1ccc(Cl)cc1)C(=O)CSCc1ccccc1F. The van der Waals surface area contributed by atoms with Crippen molar-refractivity contribution < 1.29 is 14.0 Å². The monoisotopic (exact) mass is 464 g/mol. The van der Waals surface area contributed by atoms with Crippen LogP contribution in [0.1, 0.15) is 44.7 Å². The van der Waals surface area contributed by atoms with Crippen LogP contribution in [-0.2, 0) is 21.9 Å². The molecular formula is C24H30ClFN2O2S. The van der Waals surface area contributed by atoms with Crippen molar-refractivity contribution in [2.45, 2.75) is 58.0 Å². The average Bonchev–Trinajstić information content (AvgIpc) is 2.76.